The summed E-state index contributed by atoms with van der Waals surface area (Å²) in [5, 5.41) is 8.98. The molecule has 0 aromatic carbocycles. The van der Waals surface area contributed by atoms with Crippen molar-refractivity contribution in [3.63, 3.8) is 0 Å². The number of hydrogen-bond acceptors (Lipinski definition) is 1. The monoisotopic (exact) mass is 186 g/mol. The zero-order chi connectivity index (χ0) is 8.39. The zero-order valence-electron chi connectivity index (χ0n) is 7.71. The minimum atomic E-state index is 0.349. The first-order chi connectivity index (χ1) is 5.92. The van der Waals surface area contributed by atoms with E-state index in [4.69, 9.17) is 5.11 Å². The highest BCUT2D eigenvalue weighted by Crippen LogP contribution is 2.56. The number of fused-ring (bicyclic) bond motifs is 2. The van der Waals surface area contributed by atoms with Gasteiger partial charge >= 0.3 is 0 Å². The van der Waals surface area contributed by atoms with Crippen molar-refractivity contribution >= 4 is 7.92 Å². The second-order valence-corrected chi connectivity index (χ2v) is 6.90. The quantitative estimate of drug-likeness (QED) is 0.657. The Labute approximate surface area is 76.3 Å². The summed E-state index contributed by atoms with van der Waals surface area (Å²) in [4.78, 5) is 0. The van der Waals surface area contributed by atoms with Crippen LogP contribution in [0.2, 0.25) is 0 Å². The van der Waals surface area contributed by atoms with E-state index >= 15 is 0 Å². The average Bonchev–Trinajstić information content (AvgIpc) is 2.04. The van der Waals surface area contributed by atoms with Crippen molar-refractivity contribution in [2.24, 2.45) is 5.92 Å². The summed E-state index contributed by atoms with van der Waals surface area (Å²) in [7, 11) is 0.349. The van der Waals surface area contributed by atoms with Crippen LogP contribution in [0.5, 0.6) is 0 Å². The molecule has 2 fully saturated rings. The minimum absolute atomic E-state index is 0.349. The van der Waals surface area contributed by atoms with E-state index in [0.29, 0.717) is 14.5 Å². The largest absolute Gasteiger partial charge is 0.396 e. The van der Waals surface area contributed by atoms with Crippen molar-refractivity contribution in [3.05, 3.63) is 0 Å². The molecule has 0 amide bonds. The van der Waals surface area contributed by atoms with Crippen molar-refractivity contribution < 1.29 is 5.11 Å². The van der Waals surface area contributed by atoms with Gasteiger partial charge in [-0.3, -0.25) is 0 Å². The van der Waals surface area contributed by atoms with Crippen LogP contribution < -0.4 is 0 Å². The summed E-state index contributed by atoms with van der Waals surface area (Å²) in [6, 6.07) is 0. The van der Waals surface area contributed by atoms with Gasteiger partial charge in [0, 0.05) is 6.61 Å². The maximum atomic E-state index is 8.98. The third-order valence-electron chi connectivity index (χ3n) is 3.48. The fourth-order valence-electron chi connectivity index (χ4n) is 2.93. The standard InChI is InChI=1S/C10H19OP/c11-6-5-10-9-3-1-7-12(10)8-2-4-9/h9-11H,1-8H2. The molecule has 2 heteroatoms. The second kappa shape index (κ2) is 4.07. The summed E-state index contributed by atoms with van der Waals surface area (Å²) in [6.07, 6.45) is 10.0. The lowest BCUT2D eigenvalue weighted by atomic mass is 9.92. The van der Waals surface area contributed by atoms with E-state index in [2.05, 4.69) is 0 Å². The Morgan fingerprint density at radius 1 is 1.17 bits per heavy atom. The molecule has 70 valence electrons. The fraction of sp³-hybridized carbons (Fsp3) is 1.00. The fourth-order valence-corrected chi connectivity index (χ4v) is 6.37. The number of aliphatic hydroxyl groups excluding tert-OH is 1. The predicted octanol–water partition coefficient (Wildman–Crippen LogP) is 2.42. The Kier molecular flexibility index (Phi) is 3.04. The first kappa shape index (κ1) is 8.97. The van der Waals surface area contributed by atoms with Crippen molar-refractivity contribution in [3.8, 4) is 0 Å². The third kappa shape index (κ3) is 1.67. The van der Waals surface area contributed by atoms with Gasteiger partial charge in [-0.15, -0.1) is 7.92 Å². The third-order valence-corrected chi connectivity index (χ3v) is 6.88. The molecule has 0 aromatic heterocycles. The molecule has 0 aromatic rings. The van der Waals surface area contributed by atoms with Crippen LogP contribution in [0.4, 0.5) is 0 Å². The van der Waals surface area contributed by atoms with Crippen molar-refractivity contribution in [2.45, 2.75) is 37.8 Å². The maximum Gasteiger partial charge on any atom is 0.0437 e. The van der Waals surface area contributed by atoms with E-state index in [9.17, 15) is 0 Å². The van der Waals surface area contributed by atoms with Gasteiger partial charge in [-0.25, -0.2) is 0 Å². The van der Waals surface area contributed by atoms with E-state index in [1.165, 1.54) is 38.0 Å². The molecule has 1 unspecified atom stereocenters. The molecular formula is C10H19OP. The summed E-state index contributed by atoms with van der Waals surface area (Å²) in [5.41, 5.74) is 0.951. The van der Waals surface area contributed by atoms with E-state index in [1.807, 2.05) is 0 Å². The van der Waals surface area contributed by atoms with E-state index in [1.54, 1.807) is 0 Å². The number of rotatable bonds is 2. The summed E-state index contributed by atoms with van der Waals surface area (Å²) < 4.78 is 0. The highest BCUT2D eigenvalue weighted by molar-refractivity contribution is 7.58. The lowest BCUT2D eigenvalue weighted by molar-refractivity contribution is 0.261. The highest BCUT2D eigenvalue weighted by atomic mass is 31.1. The highest BCUT2D eigenvalue weighted by Gasteiger charge is 2.34. The Bertz CT molecular complexity index is 127. The van der Waals surface area contributed by atoms with E-state index < -0.39 is 0 Å². The van der Waals surface area contributed by atoms with Gasteiger partial charge in [-0.2, -0.15) is 0 Å². The molecular weight excluding hydrogens is 167 g/mol. The van der Waals surface area contributed by atoms with Gasteiger partial charge in [-0.1, -0.05) is 0 Å². The molecule has 2 saturated heterocycles. The van der Waals surface area contributed by atoms with Crippen LogP contribution in [0, 0.1) is 5.92 Å². The van der Waals surface area contributed by atoms with Crippen LogP contribution >= 0.6 is 7.92 Å². The molecule has 0 aliphatic carbocycles. The van der Waals surface area contributed by atoms with Crippen molar-refractivity contribution in [1.82, 2.24) is 0 Å². The molecule has 1 nitrogen and oxygen atoms in total. The molecule has 2 aliphatic heterocycles. The Morgan fingerprint density at radius 3 is 2.33 bits per heavy atom. The number of aliphatic hydroxyl groups is 1. The molecule has 2 heterocycles. The molecule has 1 atom stereocenters. The normalized spacial score (nSPS) is 41.2. The molecule has 2 rings (SSSR count). The van der Waals surface area contributed by atoms with E-state index in [-0.39, 0.29) is 0 Å². The first-order valence-corrected chi connectivity index (χ1v) is 7.05. The van der Waals surface area contributed by atoms with Crippen LogP contribution in [-0.2, 0) is 0 Å². The minimum Gasteiger partial charge on any atom is -0.396 e. The van der Waals surface area contributed by atoms with Gasteiger partial charge in [-0.05, 0) is 56.0 Å². The lowest BCUT2D eigenvalue weighted by Crippen LogP contribution is -2.30. The summed E-state index contributed by atoms with van der Waals surface area (Å²) in [6.45, 7) is 0.431. The summed E-state index contributed by atoms with van der Waals surface area (Å²) >= 11 is 0. The second-order valence-electron chi connectivity index (χ2n) is 4.16. The average molecular weight is 186 g/mol. The Hall–Kier alpha value is 0.390. The van der Waals surface area contributed by atoms with Crippen LogP contribution in [0.3, 0.4) is 0 Å². The molecule has 0 radical (unpaired) electrons. The van der Waals surface area contributed by atoms with Crippen LogP contribution in [0.25, 0.3) is 0 Å². The topological polar surface area (TPSA) is 20.2 Å². The van der Waals surface area contributed by atoms with Gasteiger partial charge < -0.3 is 5.11 Å². The van der Waals surface area contributed by atoms with Gasteiger partial charge in [0.15, 0.2) is 0 Å². The van der Waals surface area contributed by atoms with Crippen LogP contribution in [-0.4, -0.2) is 29.7 Å². The zero-order valence-corrected chi connectivity index (χ0v) is 8.60. The molecule has 2 aliphatic rings. The first-order valence-electron chi connectivity index (χ1n) is 5.26. The molecule has 1 N–H and O–H groups in total. The number of hydrogen-bond donors (Lipinski definition) is 1. The van der Waals surface area contributed by atoms with Crippen molar-refractivity contribution in [1.29, 1.82) is 0 Å². The van der Waals surface area contributed by atoms with Crippen molar-refractivity contribution in [2.75, 3.05) is 18.9 Å². The van der Waals surface area contributed by atoms with Gasteiger partial charge in [0.05, 0.1) is 0 Å². The molecule has 0 spiro atoms. The summed E-state index contributed by atoms with van der Waals surface area (Å²) in [5.74, 6) is 1.01. The van der Waals surface area contributed by atoms with Gasteiger partial charge in [0.1, 0.15) is 0 Å². The predicted molar refractivity (Wildman–Crippen MR) is 54.1 cm³/mol. The van der Waals surface area contributed by atoms with Crippen LogP contribution in [0.1, 0.15) is 32.1 Å². The van der Waals surface area contributed by atoms with E-state index in [0.717, 1.165) is 18.0 Å². The SMILES string of the molecule is OCCC1C2CCCP1CCC2. The Balaban J connectivity index is 1.98. The Morgan fingerprint density at radius 2 is 1.83 bits per heavy atom. The smallest absolute Gasteiger partial charge is 0.0437 e. The lowest BCUT2D eigenvalue weighted by Gasteiger charge is -2.43. The van der Waals surface area contributed by atoms with Crippen LogP contribution in [0.15, 0.2) is 0 Å². The molecule has 12 heavy (non-hydrogen) atoms. The molecule has 0 saturated carbocycles. The van der Waals surface area contributed by atoms with Gasteiger partial charge in [0.25, 0.3) is 0 Å². The maximum absolute atomic E-state index is 8.98. The molecule has 2 bridgehead atoms. The van der Waals surface area contributed by atoms with Gasteiger partial charge in [0.2, 0.25) is 0 Å².